The summed E-state index contributed by atoms with van der Waals surface area (Å²) in [5.41, 5.74) is 2.83. The summed E-state index contributed by atoms with van der Waals surface area (Å²) in [7, 11) is 1.63. The van der Waals surface area contributed by atoms with Crippen LogP contribution in [0.5, 0.6) is 0 Å². The maximum absolute atomic E-state index is 12.6. The van der Waals surface area contributed by atoms with Gasteiger partial charge in [-0.3, -0.25) is 4.79 Å². The Kier molecular flexibility index (Phi) is 6.05. The summed E-state index contributed by atoms with van der Waals surface area (Å²) < 4.78 is 12.5. The fourth-order valence-electron chi connectivity index (χ4n) is 2.76. The zero-order valence-corrected chi connectivity index (χ0v) is 15.2. The minimum absolute atomic E-state index is 0.122. The number of aromatic nitrogens is 5. The molecule has 10 heteroatoms. The monoisotopic (exact) mass is 366 g/mol. The average molecular weight is 366 g/mol. The average Bonchev–Trinajstić information content (AvgIpc) is 3.26. The smallest absolute Gasteiger partial charge is 0.223 e. The summed E-state index contributed by atoms with van der Waals surface area (Å²) in [5.74, 6) is 0.755. The molecule has 1 atom stereocenters. The molecule has 136 valence electrons. The molecule has 0 spiro atoms. The van der Waals surface area contributed by atoms with Crippen molar-refractivity contribution in [3.05, 3.63) is 21.9 Å². The standard InChI is InChI=1S/C15H22N6O3S/c1-11-13(25-10-16-11)3-4-14(22)20-5-8-24-12(9-20)15-17-18-19-21(15)6-7-23-2/h10,12H,3-9H2,1-2H3/t12-/m0/s1. The summed E-state index contributed by atoms with van der Waals surface area (Å²) in [4.78, 5) is 19.8. The van der Waals surface area contributed by atoms with Crippen LogP contribution in [-0.2, 0) is 27.2 Å². The summed E-state index contributed by atoms with van der Waals surface area (Å²) in [6.45, 7) is 4.58. The van der Waals surface area contributed by atoms with Gasteiger partial charge in [0.15, 0.2) is 5.82 Å². The van der Waals surface area contributed by atoms with Crippen molar-refractivity contribution in [1.82, 2.24) is 30.1 Å². The van der Waals surface area contributed by atoms with Crippen LogP contribution in [0.3, 0.4) is 0 Å². The molecule has 1 aliphatic rings. The molecule has 1 saturated heterocycles. The van der Waals surface area contributed by atoms with Crippen molar-refractivity contribution in [1.29, 1.82) is 0 Å². The molecule has 0 N–H and O–H groups in total. The molecule has 25 heavy (non-hydrogen) atoms. The van der Waals surface area contributed by atoms with E-state index in [0.29, 0.717) is 45.1 Å². The molecule has 0 unspecified atom stereocenters. The van der Waals surface area contributed by atoms with E-state index in [9.17, 15) is 4.79 Å². The number of hydrogen-bond acceptors (Lipinski definition) is 8. The van der Waals surface area contributed by atoms with Gasteiger partial charge in [-0.1, -0.05) is 0 Å². The van der Waals surface area contributed by atoms with Crippen molar-refractivity contribution in [3.8, 4) is 0 Å². The van der Waals surface area contributed by atoms with E-state index in [1.54, 1.807) is 23.1 Å². The number of rotatable bonds is 7. The van der Waals surface area contributed by atoms with Crippen LogP contribution < -0.4 is 0 Å². The normalized spacial score (nSPS) is 17.8. The van der Waals surface area contributed by atoms with Gasteiger partial charge < -0.3 is 14.4 Å². The Balaban J connectivity index is 1.58. The molecule has 9 nitrogen and oxygen atoms in total. The van der Waals surface area contributed by atoms with Gasteiger partial charge in [0.2, 0.25) is 5.91 Å². The number of methoxy groups -OCH3 is 1. The lowest BCUT2D eigenvalue weighted by Crippen LogP contribution is -2.43. The Morgan fingerprint density at radius 2 is 2.40 bits per heavy atom. The zero-order valence-electron chi connectivity index (χ0n) is 14.4. The Morgan fingerprint density at radius 1 is 1.52 bits per heavy atom. The number of ether oxygens (including phenoxy) is 2. The number of carbonyl (C=O) groups is 1. The quantitative estimate of drug-likeness (QED) is 0.709. The highest BCUT2D eigenvalue weighted by atomic mass is 32.1. The van der Waals surface area contributed by atoms with Crippen molar-refractivity contribution >= 4 is 17.2 Å². The van der Waals surface area contributed by atoms with Crippen LogP contribution in [0.2, 0.25) is 0 Å². The van der Waals surface area contributed by atoms with Gasteiger partial charge in [-0.25, -0.2) is 9.67 Å². The Morgan fingerprint density at radius 3 is 3.16 bits per heavy atom. The van der Waals surface area contributed by atoms with Gasteiger partial charge in [0.25, 0.3) is 0 Å². The molecule has 1 aliphatic heterocycles. The lowest BCUT2D eigenvalue weighted by molar-refractivity contribution is -0.139. The molecule has 2 aromatic rings. The SMILES string of the molecule is COCCn1nnnc1[C@@H]1CN(C(=O)CCc2scnc2C)CCO1. The maximum atomic E-state index is 12.6. The molecular formula is C15H22N6O3S. The largest absolute Gasteiger partial charge is 0.383 e. The molecule has 0 bridgehead atoms. The minimum Gasteiger partial charge on any atom is -0.383 e. The third-order valence-electron chi connectivity index (χ3n) is 4.18. The molecule has 1 amide bonds. The first-order chi connectivity index (χ1) is 12.2. The lowest BCUT2D eigenvalue weighted by atomic mass is 10.2. The number of tetrazole rings is 1. The van der Waals surface area contributed by atoms with E-state index < -0.39 is 0 Å². The zero-order chi connectivity index (χ0) is 17.6. The number of hydrogen-bond donors (Lipinski definition) is 0. The molecular weight excluding hydrogens is 344 g/mol. The number of morpholine rings is 1. The second kappa shape index (κ2) is 8.45. The summed E-state index contributed by atoms with van der Waals surface area (Å²) >= 11 is 1.60. The van der Waals surface area contributed by atoms with Crippen LogP contribution in [0.1, 0.15) is 28.9 Å². The van der Waals surface area contributed by atoms with Gasteiger partial charge in [-0.2, -0.15) is 0 Å². The van der Waals surface area contributed by atoms with Gasteiger partial charge >= 0.3 is 0 Å². The van der Waals surface area contributed by atoms with Gasteiger partial charge in [0, 0.05) is 25.0 Å². The molecule has 0 aliphatic carbocycles. The predicted molar refractivity (Wildman–Crippen MR) is 90.1 cm³/mol. The third kappa shape index (κ3) is 4.39. The van der Waals surface area contributed by atoms with Crippen molar-refractivity contribution < 1.29 is 14.3 Å². The van der Waals surface area contributed by atoms with Crippen LogP contribution in [0.4, 0.5) is 0 Å². The molecule has 1 fully saturated rings. The van der Waals surface area contributed by atoms with E-state index in [1.807, 2.05) is 17.3 Å². The number of aryl methyl sites for hydroxylation is 2. The highest BCUT2D eigenvalue weighted by molar-refractivity contribution is 7.09. The van der Waals surface area contributed by atoms with E-state index in [4.69, 9.17) is 9.47 Å². The van der Waals surface area contributed by atoms with Crippen molar-refractivity contribution in [3.63, 3.8) is 0 Å². The van der Waals surface area contributed by atoms with Gasteiger partial charge in [-0.05, 0) is 23.8 Å². The number of amides is 1. The second-order valence-corrected chi connectivity index (χ2v) is 6.75. The van der Waals surface area contributed by atoms with Crippen molar-refractivity contribution in [2.45, 2.75) is 32.4 Å². The van der Waals surface area contributed by atoms with E-state index in [0.717, 1.165) is 12.1 Å². The molecule has 0 saturated carbocycles. The summed E-state index contributed by atoms with van der Waals surface area (Å²) in [6.07, 6.45) is 0.891. The Labute approximate surface area is 149 Å². The Hall–Kier alpha value is -1.91. The first-order valence-electron chi connectivity index (χ1n) is 8.22. The van der Waals surface area contributed by atoms with Crippen LogP contribution in [0, 0.1) is 6.92 Å². The number of carbonyl (C=O) groups excluding carboxylic acids is 1. The first-order valence-corrected chi connectivity index (χ1v) is 9.10. The van der Waals surface area contributed by atoms with Crippen LogP contribution in [-0.4, -0.2) is 69.4 Å². The molecule has 2 aromatic heterocycles. The number of nitrogens with zero attached hydrogens (tertiary/aromatic N) is 6. The van der Waals surface area contributed by atoms with Gasteiger partial charge in [0.1, 0.15) is 6.10 Å². The van der Waals surface area contributed by atoms with E-state index >= 15 is 0 Å². The minimum atomic E-state index is -0.310. The van der Waals surface area contributed by atoms with Crippen LogP contribution >= 0.6 is 11.3 Å². The fourth-order valence-corrected chi connectivity index (χ4v) is 3.54. The van der Waals surface area contributed by atoms with Crippen LogP contribution in [0.25, 0.3) is 0 Å². The predicted octanol–water partition coefficient (Wildman–Crippen LogP) is 0.617. The van der Waals surface area contributed by atoms with Gasteiger partial charge in [-0.15, -0.1) is 16.4 Å². The maximum Gasteiger partial charge on any atom is 0.223 e. The molecule has 0 aromatic carbocycles. The molecule has 0 radical (unpaired) electrons. The van der Waals surface area contributed by atoms with Crippen molar-refractivity contribution in [2.75, 3.05) is 33.4 Å². The molecule has 3 heterocycles. The van der Waals surface area contributed by atoms with E-state index in [2.05, 4.69) is 20.5 Å². The highest BCUT2D eigenvalue weighted by Gasteiger charge is 2.29. The lowest BCUT2D eigenvalue weighted by Gasteiger charge is -2.32. The van der Waals surface area contributed by atoms with Gasteiger partial charge in [0.05, 0.1) is 37.5 Å². The summed E-state index contributed by atoms with van der Waals surface area (Å²) in [5, 5.41) is 11.7. The first kappa shape index (κ1) is 17.9. The second-order valence-electron chi connectivity index (χ2n) is 5.81. The summed E-state index contributed by atoms with van der Waals surface area (Å²) in [6, 6.07) is 0. The molecule has 3 rings (SSSR count). The van der Waals surface area contributed by atoms with Crippen molar-refractivity contribution in [2.24, 2.45) is 0 Å². The van der Waals surface area contributed by atoms with Crippen LogP contribution in [0.15, 0.2) is 5.51 Å². The highest BCUT2D eigenvalue weighted by Crippen LogP contribution is 2.21. The fraction of sp³-hybridized carbons (Fsp3) is 0.667. The Bertz CT molecular complexity index is 703. The van der Waals surface area contributed by atoms with E-state index in [1.165, 1.54) is 4.88 Å². The number of thiazole rings is 1. The topological polar surface area (TPSA) is 95.3 Å². The third-order valence-corrected chi connectivity index (χ3v) is 5.18. The van der Waals surface area contributed by atoms with E-state index in [-0.39, 0.29) is 12.0 Å².